The summed E-state index contributed by atoms with van der Waals surface area (Å²) in [4.78, 5) is 18.3. The third kappa shape index (κ3) is 3.25. The first-order chi connectivity index (χ1) is 14.0. The Kier molecular flexibility index (Phi) is 4.80. The Morgan fingerprint density at radius 2 is 1.66 bits per heavy atom. The smallest absolute Gasteiger partial charge is 0.281 e. The predicted octanol–water partition coefficient (Wildman–Crippen LogP) is 4.59. The molecule has 2 heterocycles. The van der Waals surface area contributed by atoms with Gasteiger partial charge in [-0.25, -0.2) is 9.67 Å². The van der Waals surface area contributed by atoms with Crippen LogP contribution in [-0.2, 0) is 13.6 Å². The van der Waals surface area contributed by atoms with Gasteiger partial charge in [-0.3, -0.25) is 9.48 Å². The molecule has 4 rings (SSSR count). The second-order valence-corrected chi connectivity index (χ2v) is 7.33. The van der Waals surface area contributed by atoms with Crippen LogP contribution in [0.25, 0.3) is 28.2 Å². The summed E-state index contributed by atoms with van der Waals surface area (Å²) in [6, 6.07) is 19.7. The van der Waals surface area contributed by atoms with Crippen molar-refractivity contribution < 1.29 is 0 Å². The second-order valence-electron chi connectivity index (χ2n) is 7.33. The van der Waals surface area contributed by atoms with Crippen molar-refractivity contribution in [2.24, 2.45) is 7.05 Å². The number of hydrogen-bond acceptors (Lipinski definition) is 2. The highest BCUT2D eigenvalue weighted by atomic mass is 16.1. The number of imidazole rings is 1. The van der Waals surface area contributed by atoms with E-state index in [0.717, 1.165) is 33.9 Å². The van der Waals surface area contributed by atoms with Crippen molar-refractivity contribution in [3.05, 3.63) is 95.2 Å². The van der Waals surface area contributed by atoms with E-state index in [1.165, 1.54) is 0 Å². The lowest BCUT2D eigenvalue weighted by atomic mass is 10.0. The molecular weight excluding hydrogens is 360 g/mol. The van der Waals surface area contributed by atoms with Crippen LogP contribution in [-0.4, -0.2) is 18.9 Å². The highest BCUT2D eigenvalue weighted by molar-refractivity contribution is 5.79. The molecule has 0 aliphatic rings. The molecule has 0 atom stereocenters. The van der Waals surface area contributed by atoms with Gasteiger partial charge in [-0.2, -0.15) is 0 Å². The second kappa shape index (κ2) is 7.43. The average molecular weight is 384 g/mol. The summed E-state index contributed by atoms with van der Waals surface area (Å²) in [7, 11) is 1.91. The van der Waals surface area contributed by atoms with Crippen LogP contribution in [0.2, 0.25) is 0 Å². The van der Waals surface area contributed by atoms with E-state index in [2.05, 4.69) is 11.6 Å². The maximum atomic E-state index is 13.6. The lowest BCUT2D eigenvalue weighted by molar-refractivity contribution is 0.630. The van der Waals surface area contributed by atoms with Crippen LogP contribution in [0, 0.1) is 6.92 Å². The van der Waals surface area contributed by atoms with Gasteiger partial charge in [-0.05, 0) is 26.0 Å². The third-order valence-electron chi connectivity index (χ3n) is 5.12. The molecule has 0 fully saturated rings. The molecule has 4 aromatic rings. The first-order valence-electron chi connectivity index (χ1n) is 9.58. The SMILES string of the molecule is C=C(C)Cn1cnc(-c2ccccc2)c1-c1c(C)n(C)n(-c2ccccc2)c1=O. The minimum atomic E-state index is -0.0585. The molecule has 0 N–H and O–H groups in total. The Labute approximate surface area is 170 Å². The molecule has 146 valence electrons. The number of hydrogen-bond donors (Lipinski definition) is 0. The quantitative estimate of drug-likeness (QED) is 0.472. The average Bonchev–Trinajstić information content (AvgIpc) is 3.21. The predicted molar refractivity (Wildman–Crippen MR) is 117 cm³/mol. The van der Waals surface area contributed by atoms with Gasteiger partial charge in [-0.15, -0.1) is 0 Å². The molecule has 0 spiro atoms. The van der Waals surface area contributed by atoms with E-state index in [-0.39, 0.29) is 5.56 Å². The largest absolute Gasteiger partial charge is 0.326 e. The van der Waals surface area contributed by atoms with Gasteiger partial charge in [0.05, 0.1) is 29.0 Å². The summed E-state index contributed by atoms with van der Waals surface area (Å²) >= 11 is 0. The summed E-state index contributed by atoms with van der Waals surface area (Å²) in [5.41, 5.74) is 5.94. The normalized spacial score (nSPS) is 11.0. The van der Waals surface area contributed by atoms with Crippen LogP contribution in [0.15, 0.2) is 83.9 Å². The zero-order valence-electron chi connectivity index (χ0n) is 17.0. The first kappa shape index (κ1) is 18.7. The number of benzene rings is 2. The summed E-state index contributed by atoms with van der Waals surface area (Å²) in [5.74, 6) is 0. The molecule has 0 unspecified atom stereocenters. The lowest BCUT2D eigenvalue weighted by Crippen LogP contribution is -2.20. The van der Waals surface area contributed by atoms with Crippen LogP contribution in [0.3, 0.4) is 0 Å². The third-order valence-corrected chi connectivity index (χ3v) is 5.12. The first-order valence-corrected chi connectivity index (χ1v) is 9.58. The molecule has 5 nitrogen and oxygen atoms in total. The van der Waals surface area contributed by atoms with Crippen molar-refractivity contribution in [1.29, 1.82) is 0 Å². The van der Waals surface area contributed by atoms with Crippen molar-refractivity contribution in [1.82, 2.24) is 18.9 Å². The number of rotatable bonds is 5. The Balaban J connectivity index is 2.02. The zero-order chi connectivity index (χ0) is 20.5. The zero-order valence-corrected chi connectivity index (χ0v) is 17.0. The molecule has 0 radical (unpaired) electrons. The fourth-order valence-electron chi connectivity index (χ4n) is 3.70. The Morgan fingerprint density at radius 3 is 2.28 bits per heavy atom. The van der Waals surface area contributed by atoms with Gasteiger partial charge in [0.25, 0.3) is 5.56 Å². The Morgan fingerprint density at radius 1 is 1.03 bits per heavy atom. The molecule has 0 bridgehead atoms. The topological polar surface area (TPSA) is 44.8 Å². The lowest BCUT2D eigenvalue weighted by Gasteiger charge is -2.10. The van der Waals surface area contributed by atoms with E-state index >= 15 is 0 Å². The monoisotopic (exact) mass is 384 g/mol. The van der Waals surface area contributed by atoms with Gasteiger partial charge >= 0.3 is 0 Å². The van der Waals surface area contributed by atoms with Crippen LogP contribution < -0.4 is 5.56 Å². The molecule has 2 aromatic carbocycles. The van der Waals surface area contributed by atoms with E-state index in [0.29, 0.717) is 12.1 Å². The van der Waals surface area contributed by atoms with Crippen molar-refractivity contribution in [3.63, 3.8) is 0 Å². The highest BCUT2D eigenvalue weighted by Gasteiger charge is 2.24. The standard InChI is InChI=1S/C24H24N4O/c1-17(2)15-27-16-25-22(19-11-7-5-8-12-19)23(27)21-18(3)26(4)28(24(21)29)20-13-9-6-10-14-20/h5-14,16H,1,15H2,2-4H3. The summed E-state index contributed by atoms with van der Waals surface area (Å²) in [6.07, 6.45) is 1.80. The molecule has 5 heteroatoms. The van der Waals surface area contributed by atoms with Gasteiger partial charge in [0.1, 0.15) is 0 Å². The van der Waals surface area contributed by atoms with Crippen LogP contribution >= 0.6 is 0 Å². The molecule has 0 amide bonds. The maximum absolute atomic E-state index is 13.6. The molecule has 0 saturated carbocycles. The number of allylic oxidation sites excluding steroid dienone is 1. The van der Waals surface area contributed by atoms with Gasteiger partial charge < -0.3 is 4.57 Å². The minimum Gasteiger partial charge on any atom is -0.326 e. The molecule has 0 aliphatic heterocycles. The fraction of sp³-hybridized carbons (Fsp3) is 0.167. The van der Waals surface area contributed by atoms with Crippen LogP contribution in [0.5, 0.6) is 0 Å². The van der Waals surface area contributed by atoms with Crippen molar-refractivity contribution in [2.45, 2.75) is 20.4 Å². The van der Waals surface area contributed by atoms with Gasteiger partial charge in [0.15, 0.2) is 0 Å². The molecule has 0 saturated heterocycles. The van der Waals surface area contributed by atoms with Gasteiger partial charge in [0.2, 0.25) is 0 Å². The van der Waals surface area contributed by atoms with E-state index in [9.17, 15) is 4.79 Å². The maximum Gasteiger partial charge on any atom is 0.281 e. The van der Waals surface area contributed by atoms with Crippen molar-refractivity contribution in [2.75, 3.05) is 0 Å². The van der Waals surface area contributed by atoms with Crippen molar-refractivity contribution in [3.8, 4) is 28.2 Å². The van der Waals surface area contributed by atoms with E-state index in [1.54, 1.807) is 11.0 Å². The summed E-state index contributed by atoms with van der Waals surface area (Å²) < 4.78 is 5.63. The van der Waals surface area contributed by atoms with E-state index in [4.69, 9.17) is 0 Å². The Hall–Kier alpha value is -3.60. The molecule has 0 aliphatic carbocycles. The summed E-state index contributed by atoms with van der Waals surface area (Å²) in [6.45, 7) is 8.60. The number of nitrogens with zero attached hydrogens (tertiary/aromatic N) is 4. The van der Waals surface area contributed by atoms with Gasteiger partial charge in [0, 0.05) is 24.8 Å². The number of aromatic nitrogens is 4. The molecular formula is C24H24N4O. The van der Waals surface area contributed by atoms with Crippen molar-refractivity contribution >= 4 is 0 Å². The highest BCUT2D eigenvalue weighted by Crippen LogP contribution is 2.32. The van der Waals surface area contributed by atoms with Crippen LogP contribution in [0.1, 0.15) is 12.6 Å². The van der Waals surface area contributed by atoms with E-state index < -0.39 is 0 Å². The fourth-order valence-corrected chi connectivity index (χ4v) is 3.70. The molecule has 29 heavy (non-hydrogen) atoms. The van der Waals surface area contributed by atoms with Gasteiger partial charge in [-0.1, -0.05) is 60.7 Å². The van der Waals surface area contributed by atoms with E-state index in [1.807, 2.05) is 90.8 Å². The molecule has 2 aromatic heterocycles. The number of para-hydroxylation sites is 1. The summed E-state index contributed by atoms with van der Waals surface area (Å²) in [5, 5.41) is 0. The Bertz CT molecular complexity index is 1230. The minimum absolute atomic E-state index is 0.0585. The van der Waals surface area contributed by atoms with Crippen LogP contribution in [0.4, 0.5) is 0 Å².